The highest BCUT2D eigenvalue weighted by Crippen LogP contribution is 2.09. The number of rotatable bonds is 7. The van der Waals surface area contributed by atoms with Gasteiger partial charge in [0.2, 0.25) is 0 Å². The van der Waals surface area contributed by atoms with Crippen molar-refractivity contribution in [1.82, 2.24) is 5.32 Å². The van der Waals surface area contributed by atoms with Gasteiger partial charge < -0.3 is 5.32 Å². The van der Waals surface area contributed by atoms with Crippen LogP contribution < -0.4 is 5.32 Å². The van der Waals surface area contributed by atoms with Gasteiger partial charge in [-0.2, -0.15) is 0 Å². The molecule has 1 nitrogen and oxygen atoms in total. The first-order valence-corrected chi connectivity index (χ1v) is 6.87. The van der Waals surface area contributed by atoms with Gasteiger partial charge in [0, 0.05) is 18.3 Å². The minimum absolute atomic E-state index is 0.122. The summed E-state index contributed by atoms with van der Waals surface area (Å²) < 4.78 is 13.4. The second-order valence-corrected chi connectivity index (χ2v) is 5.01. The molecule has 1 aromatic carbocycles. The molecule has 0 amide bonds. The molecule has 1 rings (SSSR count). The molecule has 0 aliphatic heterocycles. The van der Waals surface area contributed by atoms with Crippen LogP contribution in [0.1, 0.15) is 12.5 Å². The molecule has 1 N–H and O–H groups in total. The zero-order valence-electron chi connectivity index (χ0n) is 10.1. The van der Waals surface area contributed by atoms with Gasteiger partial charge in [-0.15, -0.1) is 18.2 Å². The lowest BCUT2D eigenvalue weighted by Gasteiger charge is -2.13. The molecule has 0 saturated carbocycles. The molecule has 1 atom stereocenters. The van der Waals surface area contributed by atoms with Gasteiger partial charge in [-0.05, 0) is 25.0 Å². The molecule has 0 aliphatic rings. The summed E-state index contributed by atoms with van der Waals surface area (Å²) in [7, 11) is 0. The van der Waals surface area contributed by atoms with Crippen molar-refractivity contribution in [2.24, 2.45) is 0 Å². The number of thioether (sulfide) groups is 1. The summed E-state index contributed by atoms with van der Waals surface area (Å²) in [5, 5.41) is 3.36. The number of hydrogen-bond acceptors (Lipinski definition) is 2. The van der Waals surface area contributed by atoms with Crippen LogP contribution in [0.2, 0.25) is 0 Å². The highest BCUT2D eigenvalue weighted by atomic mass is 32.2. The second-order valence-electron chi connectivity index (χ2n) is 3.91. The van der Waals surface area contributed by atoms with Gasteiger partial charge in [0.15, 0.2) is 0 Å². The van der Waals surface area contributed by atoms with Crippen LogP contribution in [0.4, 0.5) is 4.39 Å². The van der Waals surface area contributed by atoms with Crippen LogP contribution in [0.25, 0.3) is 0 Å². The molecule has 1 aromatic rings. The molecule has 17 heavy (non-hydrogen) atoms. The van der Waals surface area contributed by atoms with Crippen molar-refractivity contribution >= 4 is 11.8 Å². The van der Waals surface area contributed by atoms with Crippen LogP contribution >= 0.6 is 11.8 Å². The minimum Gasteiger partial charge on any atom is -0.313 e. The van der Waals surface area contributed by atoms with E-state index in [-0.39, 0.29) is 11.9 Å². The first kappa shape index (κ1) is 14.1. The Morgan fingerprint density at radius 2 is 2.24 bits per heavy atom. The lowest BCUT2D eigenvalue weighted by atomic mass is 10.1. The molecular weight excluding hydrogens is 233 g/mol. The van der Waals surface area contributed by atoms with Crippen molar-refractivity contribution < 1.29 is 4.39 Å². The Hall–Kier alpha value is -0.980. The molecule has 0 radical (unpaired) electrons. The molecule has 0 aliphatic carbocycles. The average Bonchev–Trinajstić information content (AvgIpc) is 2.32. The fraction of sp³-hybridized carbons (Fsp3) is 0.429. The van der Waals surface area contributed by atoms with E-state index < -0.39 is 0 Å². The Kier molecular flexibility index (Phi) is 6.76. The topological polar surface area (TPSA) is 12.0 Å². The summed E-state index contributed by atoms with van der Waals surface area (Å²) in [6.07, 6.45) is 5.87. The van der Waals surface area contributed by atoms with E-state index in [0.29, 0.717) is 6.42 Å². The number of hydrogen-bond donors (Lipinski definition) is 1. The molecule has 0 spiro atoms. The number of nitrogens with one attached hydrogen (secondary N) is 1. The molecule has 0 aromatic heterocycles. The summed E-state index contributed by atoms with van der Waals surface area (Å²) in [4.78, 5) is 0. The Labute approximate surface area is 107 Å². The average molecular weight is 251 g/mol. The maximum atomic E-state index is 13.4. The lowest BCUT2D eigenvalue weighted by Crippen LogP contribution is -2.30. The largest absolute Gasteiger partial charge is 0.313 e. The Balaban J connectivity index is 2.23. The van der Waals surface area contributed by atoms with Crippen molar-refractivity contribution in [3.05, 3.63) is 35.6 Å². The van der Waals surface area contributed by atoms with Crippen LogP contribution in [0, 0.1) is 18.2 Å². The summed E-state index contributed by atoms with van der Waals surface area (Å²) in [5.41, 5.74) is 0.767. The highest BCUT2D eigenvalue weighted by molar-refractivity contribution is 7.99. The quantitative estimate of drug-likeness (QED) is 0.591. The van der Waals surface area contributed by atoms with Gasteiger partial charge in [-0.25, -0.2) is 4.39 Å². The number of terminal acetylenes is 1. The second kappa shape index (κ2) is 8.16. The third-order valence-corrected chi connectivity index (χ3v) is 3.27. The predicted octanol–water partition coefficient (Wildman–Crippen LogP) is 2.71. The van der Waals surface area contributed by atoms with Crippen LogP contribution in [-0.4, -0.2) is 24.1 Å². The minimum atomic E-state index is -0.122. The van der Waals surface area contributed by atoms with E-state index in [0.717, 1.165) is 23.6 Å². The van der Waals surface area contributed by atoms with E-state index in [1.807, 2.05) is 12.1 Å². The van der Waals surface area contributed by atoms with Gasteiger partial charge in [0.25, 0.3) is 0 Å². The van der Waals surface area contributed by atoms with Crippen molar-refractivity contribution in [3.63, 3.8) is 0 Å². The van der Waals surface area contributed by atoms with Crippen LogP contribution in [0.15, 0.2) is 24.3 Å². The van der Waals surface area contributed by atoms with Crippen molar-refractivity contribution in [2.75, 3.05) is 18.1 Å². The van der Waals surface area contributed by atoms with E-state index in [9.17, 15) is 4.39 Å². The monoisotopic (exact) mass is 251 g/mol. The smallest absolute Gasteiger partial charge is 0.126 e. The first-order chi connectivity index (χ1) is 8.24. The van der Waals surface area contributed by atoms with Crippen LogP contribution in [0.3, 0.4) is 0 Å². The lowest BCUT2D eigenvalue weighted by molar-refractivity contribution is 0.542. The summed E-state index contributed by atoms with van der Waals surface area (Å²) in [6, 6.07) is 7.20. The van der Waals surface area contributed by atoms with Crippen LogP contribution in [-0.2, 0) is 6.42 Å². The van der Waals surface area contributed by atoms with Gasteiger partial charge in [-0.1, -0.05) is 24.1 Å². The van der Waals surface area contributed by atoms with Crippen LogP contribution in [0.5, 0.6) is 0 Å². The fourth-order valence-electron chi connectivity index (χ4n) is 1.57. The van der Waals surface area contributed by atoms with Gasteiger partial charge in [0.05, 0.1) is 5.75 Å². The molecule has 0 bridgehead atoms. The summed E-state index contributed by atoms with van der Waals surface area (Å²) in [5.74, 6) is 4.21. The molecule has 0 heterocycles. The molecule has 0 fully saturated rings. The van der Waals surface area contributed by atoms with E-state index >= 15 is 0 Å². The van der Waals surface area contributed by atoms with E-state index in [1.165, 1.54) is 6.07 Å². The van der Waals surface area contributed by atoms with Crippen molar-refractivity contribution in [3.8, 4) is 12.3 Å². The third-order valence-electron chi connectivity index (χ3n) is 2.41. The number of halogens is 1. The van der Waals surface area contributed by atoms with Crippen molar-refractivity contribution in [1.29, 1.82) is 0 Å². The Bertz CT molecular complexity index is 373. The molecule has 92 valence electrons. The Morgan fingerprint density at radius 3 is 2.94 bits per heavy atom. The molecule has 0 saturated heterocycles. The standard InChI is InChI=1S/C14H18FNS/c1-3-9-17-10-8-16-12(2)11-13-6-4-5-7-14(13)15/h1,4-7,12,16H,8-11H2,2H3. The maximum Gasteiger partial charge on any atom is 0.126 e. The predicted molar refractivity (Wildman–Crippen MR) is 73.7 cm³/mol. The Morgan fingerprint density at radius 1 is 1.47 bits per heavy atom. The molecule has 1 unspecified atom stereocenters. The zero-order chi connectivity index (χ0) is 12.5. The SMILES string of the molecule is C#CCSCCNC(C)Cc1ccccc1F. The zero-order valence-corrected chi connectivity index (χ0v) is 10.9. The van der Waals surface area contributed by atoms with Gasteiger partial charge >= 0.3 is 0 Å². The van der Waals surface area contributed by atoms with E-state index in [1.54, 1.807) is 17.8 Å². The van der Waals surface area contributed by atoms with Gasteiger partial charge in [0.1, 0.15) is 5.82 Å². The highest BCUT2D eigenvalue weighted by Gasteiger charge is 2.06. The normalized spacial score (nSPS) is 12.1. The van der Waals surface area contributed by atoms with E-state index in [2.05, 4.69) is 18.2 Å². The third kappa shape index (κ3) is 5.76. The summed E-state index contributed by atoms with van der Waals surface area (Å²) >= 11 is 1.73. The van der Waals surface area contributed by atoms with Gasteiger partial charge in [-0.3, -0.25) is 0 Å². The maximum absolute atomic E-state index is 13.4. The molecular formula is C14H18FNS. The molecule has 3 heteroatoms. The summed E-state index contributed by atoms with van der Waals surface area (Å²) in [6.45, 7) is 2.97. The fourth-order valence-corrected chi connectivity index (χ4v) is 2.10. The van der Waals surface area contributed by atoms with E-state index in [4.69, 9.17) is 6.42 Å². The first-order valence-electron chi connectivity index (χ1n) is 5.72. The van der Waals surface area contributed by atoms with Crippen molar-refractivity contribution in [2.45, 2.75) is 19.4 Å². The number of benzene rings is 1.